The van der Waals surface area contributed by atoms with Gasteiger partial charge in [-0.1, -0.05) is 6.07 Å². The van der Waals surface area contributed by atoms with E-state index in [1.807, 2.05) is 0 Å². The minimum atomic E-state index is -3.23. The Labute approximate surface area is 116 Å². The van der Waals surface area contributed by atoms with E-state index in [-0.39, 0.29) is 4.90 Å². The number of benzene rings is 2. The summed E-state index contributed by atoms with van der Waals surface area (Å²) in [6.45, 7) is 0. The van der Waals surface area contributed by atoms with E-state index in [9.17, 15) is 13.2 Å². The first kappa shape index (κ1) is 14.1. The summed E-state index contributed by atoms with van der Waals surface area (Å²) >= 11 is 0. The maximum absolute atomic E-state index is 11.3. The van der Waals surface area contributed by atoms with Crippen LogP contribution in [0.2, 0.25) is 0 Å². The van der Waals surface area contributed by atoms with Gasteiger partial charge in [0.1, 0.15) is 11.5 Å². The fourth-order valence-corrected chi connectivity index (χ4v) is 2.23. The van der Waals surface area contributed by atoms with Crippen molar-refractivity contribution in [3.8, 4) is 11.5 Å². The van der Waals surface area contributed by atoms with Gasteiger partial charge in [0, 0.05) is 11.8 Å². The van der Waals surface area contributed by atoms with Crippen LogP contribution < -0.4 is 10.5 Å². The van der Waals surface area contributed by atoms with Gasteiger partial charge in [0.05, 0.1) is 4.90 Å². The number of carbonyl (C=O) groups is 1. The highest BCUT2D eigenvalue weighted by Crippen LogP contribution is 2.23. The molecule has 0 aliphatic heterocycles. The number of nitrogens with two attached hydrogens (primary N) is 1. The Morgan fingerprint density at radius 3 is 2.25 bits per heavy atom. The fraction of sp³-hybridized carbons (Fsp3) is 0.0714. The first-order chi connectivity index (χ1) is 9.36. The Bertz CT molecular complexity index is 736. The quantitative estimate of drug-likeness (QED) is 0.933. The zero-order chi connectivity index (χ0) is 14.8. The summed E-state index contributed by atoms with van der Waals surface area (Å²) in [6.07, 6.45) is 1.14. The van der Waals surface area contributed by atoms with Crippen molar-refractivity contribution in [2.24, 2.45) is 5.73 Å². The summed E-state index contributed by atoms with van der Waals surface area (Å²) in [5.74, 6) is 0.385. The number of hydrogen-bond acceptors (Lipinski definition) is 4. The average Bonchev–Trinajstić information content (AvgIpc) is 2.38. The van der Waals surface area contributed by atoms with Crippen molar-refractivity contribution in [3.63, 3.8) is 0 Å². The van der Waals surface area contributed by atoms with Crippen molar-refractivity contribution in [1.29, 1.82) is 0 Å². The monoisotopic (exact) mass is 291 g/mol. The first-order valence-corrected chi connectivity index (χ1v) is 7.63. The van der Waals surface area contributed by atoms with Crippen LogP contribution in [0.25, 0.3) is 0 Å². The Kier molecular flexibility index (Phi) is 3.76. The lowest BCUT2D eigenvalue weighted by Gasteiger charge is -2.07. The number of rotatable bonds is 4. The lowest BCUT2D eigenvalue weighted by atomic mass is 10.2. The van der Waals surface area contributed by atoms with Crippen LogP contribution in [0.4, 0.5) is 0 Å². The summed E-state index contributed by atoms with van der Waals surface area (Å²) in [7, 11) is -3.23. The molecule has 20 heavy (non-hydrogen) atoms. The van der Waals surface area contributed by atoms with Crippen LogP contribution in [-0.2, 0) is 9.84 Å². The third-order valence-electron chi connectivity index (χ3n) is 2.61. The predicted octanol–water partition coefficient (Wildman–Crippen LogP) is 1.98. The predicted molar refractivity (Wildman–Crippen MR) is 74.6 cm³/mol. The van der Waals surface area contributed by atoms with Crippen molar-refractivity contribution in [1.82, 2.24) is 0 Å². The molecule has 104 valence electrons. The second-order valence-corrected chi connectivity index (χ2v) is 6.25. The summed E-state index contributed by atoms with van der Waals surface area (Å²) < 4.78 is 28.2. The van der Waals surface area contributed by atoms with Crippen molar-refractivity contribution < 1.29 is 17.9 Å². The smallest absolute Gasteiger partial charge is 0.248 e. The lowest BCUT2D eigenvalue weighted by molar-refractivity contribution is 0.1000. The van der Waals surface area contributed by atoms with Crippen molar-refractivity contribution in [3.05, 3.63) is 54.1 Å². The van der Waals surface area contributed by atoms with Gasteiger partial charge in [-0.25, -0.2) is 8.42 Å². The van der Waals surface area contributed by atoms with Gasteiger partial charge in [0.25, 0.3) is 0 Å². The summed E-state index contributed by atoms with van der Waals surface area (Å²) in [5, 5.41) is 0. The van der Waals surface area contributed by atoms with E-state index in [1.54, 1.807) is 30.3 Å². The Balaban J connectivity index is 2.22. The number of amides is 1. The molecule has 0 atom stereocenters. The van der Waals surface area contributed by atoms with Gasteiger partial charge in [-0.05, 0) is 42.5 Å². The molecule has 2 N–H and O–H groups in total. The number of primary amides is 1. The van der Waals surface area contributed by atoms with E-state index < -0.39 is 15.7 Å². The van der Waals surface area contributed by atoms with Gasteiger partial charge in [-0.15, -0.1) is 0 Å². The number of ether oxygens (including phenoxy) is 1. The maximum Gasteiger partial charge on any atom is 0.248 e. The van der Waals surface area contributed by atoms with Gasteiger partial charge < -0.3 is 10.5 Å². The van der Waals surface area contributed by atoms with Crippen LogP contribution in [0.3, 0.4) is 0 Å². The minimum absolute atomic E-state index is 0.218. The molecular formula is C14H13NO4S. The van der Waals surface area contributed by atoms with Crippen LogP contribution in [-0.4, -0.2) is 20.6 Å². The highest BCUT2D eigenvalue weighted by atomic mass is 32.2. The van der Waals surface area contributed by atoms with Crippen LogP contribution in [0.5, 0.6) is 11.5 Å². The maximum atomic E-state index is 11.3. The molecular weight excluding hydrogens is 278 g/mol. The van der Waals surface area contributed by atoms with E-state index in [4.69, 9.17) is 10.5 Å². The molecule has 0 aliphatic rings. The van der Waals surface area contributed by atoms with Crippen molar-refractivity contribution in [2.75, 3.05) is 6.26 Å². The molecule has 0 bridgehead atoms. The Morgan fingerprint density at radius 2 is 1.70 bits per heavy atom. The Morgan fingerprint density at radius 1 is 1.05 bits per heavy atom. The molecule has 0 heterocycles. The number of sulfone groups is 1. The van der Waals surface area contributed by atoms with Crippen molar-refractivity contribution >= 4 is 15.7 Å². The molecule has 2 rings (SSSR count). The Hall–Kier alpha value is -2.34. The molecule has 2 aromatic carbocycles. The third kappa shape index (κ3) is 3.36. The zero-order valence-corrected chi connectivity index (χ0v) is 11.6. The second kappa shape index (κ2) is 5.34. The molecule has 0 saturated heterocycles. The van der Waals surface area contributed by atoms with Gasteiger partial charge in [0.2, 0.25) is 5.91 Å². The molecule has 2 aromatic rings. The topological polar surface area (TPSA) is 86.5 Å². The van der Waals surface area contributed by atoms with E-state index in [2.05, 4.69) is 0 Å². The largest absolute Gasteiger partial charge is 0.457 e. The fourth-order valence-electron chi connectivity index (χ4n) is 1.60. The van der Waals surface area contributed by atoms with Gasteiger partial charge in [-0.3, -0.25) is 4.79 Å². The lowest BCUT2D eigenvalue weighted by Crippen LogP contribution is -2.10. The van der Waals surface area contributed by atoms with Crippen molar-refractivity contribution in [2.45, 2.75) is 4.90 Å². The zero-order valence-electron chi connectivity index (χ0n) is 10.7. The van der Waals surface area contributed by atoms with E-state index >= 15 is 0 Å². The first-order valence-electron chi connectivity index (χ1n) is 5.74. The second-order valence-electron chi connectivity index (χ2n) is 4.24. The van der Waals surface area contributed by atoms with Crippen LogP contribution in [0.15, 0.2) is 53.4 Å². The normalized spacial score (nSPS) is 11.1. The molecule has 0 fully saturated rings. The molecule has 0 aromatic heterocycles. The molecule has 0 unspecified atom stereocenters. The molecule has 0 aliphatic carbocycles. The molecule has 0 radical (unpaired) electrons. The minimum Gasteiger partial charge on any atom is -0.457 e. The van der Waals surface area contributed by atoms with Gasteiger partial charge in [0.15, 0.2) is 9.84 Å². The van der Waals surface area contributed by atoms with Crippen LogP contribution >= 0.6 is 0 Å². The average molecular weight is 291 g/mol. The molecule has 5 nitrogen and oxygen atoms in total. The molecule has 6 heteroatoms. The summed E-state index contributed by atoms with van der Waals surface area (Å²) in [6, 6.07) is 12.5. The number of hydrogen-bond donors (Lipinski definition) is 1. The van der Waals surface area contributed by atoms with E-state index in [0.29, 0.717) is 17.1 Å². The molecule has 0 saturated carbocycles. The summed E-state index contributed by atoms with van der Waals surface area (Å²) in [4.78, 5) is 11.3. The third-order valence-corrected chi connectivity index (χ3v) is 3.73. The van der Waals surface area contributed by atoms with Gasteiger partial charge >= 0.3 is 0 Å². The summed E-state index contributed by atoms with van der Waals surface area (Å²) in [5.41, 5.74) is 5.53. The van der Waals surface area contributed by atoms with Gasteiger partial charge in [-0.2, -0.15) is 0 Å². The van der Waals surface area contributed by atoms with Crippen LogP contribution in [0, 0.1) is 0 Å². The highest BCUT2D eigenvalue weighted by molar-refractivity contribution is 7.90. The standard InChI is InChI=1S/C14H13NO4S/c1-20(17,18)13-7-5-11(6-8-13)19-12-4-2-3-10(9-12)14(15)16/h2-9H,1H3,(H2,15,16). The highest BCUT2D eigenvalue weighted by Gasteiger charge is 2.07. The molecule has 0 spiro atoms. The van der Waals surface area contributed by atoms with E-state index in [0.717, 1.165) is 6.26 Å². The SMILES string of the molecule is CS(=O)(=O)c1ccc(Oc2cccc(C(N)=O)c2)cc1. The molecule has 1 amide bonds. The van der Waals surface area contributed by atoms with E-state index in [1.165, 1.54) is 18.2 Å². The number of carbonyl (C=O) groups excluding carboxylic acids is 1. The van der Waals surface area contributed by atoms with Crippen LogP contribution in [0.1, 0.15) is 10.4 Å².